The molecule has 1 amide bonds. The summed E-state index contributed by atoms with van der Waals surface area (Å²) in [5.41, 5.74) is 0.836. The third-order valence-corrected chi connectivity index (χ3v) is 3.74. The smallest absolute Gasteiger partial charge is 0.226 e. The van der Waals surface area contributed by atoms with Gasteiger partial charge < -0.3 is 10.6 Å². The molecule has 0 atom stereocenters. The number of nitrogens with one attached hydrogen (secondary N) is 2. The Morgan fingerprint density at radius 3 is 2.76 bits per heavy atom. The molecule has 2 aliphatic rings. The van der Waals surface area contributed by atoms with Gasteiger partial charge in [-0.05, 0) is 25.0 Å². The van der Waals surface area contributed by atoms with Crippen molar-refractivity contribution in [3.8, 4) is 0 Å². The van der Waals surface area contributed by atoms with Gasteiger partial charge in [-0.15, -0.1) is 0 Å². The van der Waals surface area contributed by atoms with Gasteiger partial charge in [0.05, 0.1) is 5.69 Å². The van der Waals surface area contributed by atoms with Crippen LogP contribution in [0, 0.1) is 5.82 Å². The highest BCUT2D eigenvalue weighted by molar-refractivity contribution is 5.97. The molecular formula is C13H15FN2O. The third-order valence-electron chi connectivity index (χ3n) is 3.74. The normalized spacial score (nSPS) is 21.6. The molecule has 4 heteroatoms. The molecule has 0 bridgehead atoms. The molecule has 3 nitrogen and oxygen atoms in total. The zero-order valence-corrected chi connectivity index (χ0v) is 9.55. The number of carbonyl (C=O) groups is 1. The Hall–Kier alpha value is -1.58. The minimum absolute atomic E-state index is 0.0942. The van der Waals surface area contributed by atoms with E-state index in [1.54, 1.807) is 6.07 Å². The molecular weight excluding hydrogens is 219 g/mol. The van der Waals surface area contributed by atoms with Crippen LogP contribution in [0.5, 0.6) is 0 Å². The molecule has 0 aromatic heterocycles. The summed E-state index contributed by atoms with van der Waals surface area (Å²) in [4.78, 5) is 11.8. The fourth-order valence-electron chi connectivity index (χ4n) is 2.93. The predicted octanol–water partition coefficient (Wildman–Crippen LogP) is 2.89. The number of benzene rings is 1. The SMILES string of the molecule is O=C1CC2(CCCC2)Nc2cccc(F)c2N1. The Morgan fingerprint density at radius 2 is 2.00 bits per heavy atom. The van der Waals surface area contributed by atoms with Crippen molar-refractivity contribution in [1.29, 1.82) is 0 Å². The first-order valence-electron chi connectivity index (χ1n) is 6.05. The maximum absolute atomic E-state index is 13.6. The third kappa shape index (κ3) is 1.77. The molecule has 1 fully saturated rings. The lowest BCUT2D eigenvalue weighted by molar-refractivity contribution is -0.117. The number of para-hydroxylation sites is 1. The summed E-state index contributed by atoms with van der Waals surface area (Å²) in [6, 6.07) is 4.86. The van der Waals surface area contributed by atoms with Crippen molar-refractivity contribution in [2.45, 2.75) is 37.6 Å². The fraction of sp³-hybridized carbons (Fsp3) is 0.462. The van der Waals surface area contributed by atoms with Crippen molar-refractivity contribution in [2.24, 2.45) is 0 Å². The van der Waals surface area contributed by atoms with Crippen molar-refractivity contribution in [1.82, 2.24) is 0 Å². The lowest BCUT2D eigenvalue weighted by Crippen LogP contribution is -2.36. The average molecular weight is 234 g/mol. The molecule has 1 heterocycles. The topological polar surface area (TPSA) is 41.1 Å². The first-order valence-corrected chi connectivity index (χ1v) is 6.05. The molecule has 1 spiro atoms. The number of amides is 1. The molecule has 0 unspecified atom stereocenters. The van der Waals surface area contributed by atoms with Gasteiger partial charge in [-0.2, -0.15) is 0 Å². The van der Waals surface area contributed by atoms with E-state index in [1.807, 2.05) is 6.07 Å². The zero-order valence-electron chi connectivity index (χ0n) is 9.55. The number of fused-ring (bicyclic) bond motifs is 1. The zero-order chi connectivity index (χ0) is 11.9. The monoisotopic (exact) mass is 234 g/mol. The highest BCUT2D eigenvalue weighted by Crippen LogP contribution is 2.40. The van der Waals surface area contributed by atoms with E-state index in [2.05, 4.69) is 10.6 Å². The van der Waals surface area contributed by atoms with E-state index in [9.17, 15) is 9.18 Å². The average Bonchev–Trinajstić information content (AvgIpc) is 2.65. The van der Waals surface area contributed by atoms with Gasteiger partial charge >= 0.3 is 0 Å². The Labute approximate surface area is 99.4 Å². The van der Waals surface area contributed by atoms with Gasteiger partial charge in [-0.1, -0.05) is 18.9 Å². The van der Waals surface area contributed by atoms with Crippen LogP contribution >= 0.6 is 0 Å². The molecule has 3 rings (SSSR count). The molecule has 1 saturated carbocycles. The van der Waals surface area contributed by atoms with Crippen LogP contribution in [0.25, 0.3) is 0 Å². The highest BCUT2D eigenvalue weighted by atomic mass is 19.1. The number of anilines is 2. The summed E-state index contributed by atoms with van der Waals surface area (Å²) < 4.78 is 13.6. The molecule has 1 aromatic carbocycles. The second-order valence-electron chi connectivity index (χ2n) is 5.00. The maximum atomic E-state index is 13.6. The van der Waals surface area contributed by atoms with Crippen molar-refractivity contribution in [3.63, 3.8) is 0 Å². The molecule has 1 aliphatic carbocycles. The van der Waals surface area contributed by atoms with Crippen molar-refractivity contribution in [2.75, 3.05) is 10.6 Å². The van der Waals surface area contributed by atoms with Gasteiger partial charge in [-0.25, -0.2) is 4.39 Å². The molecule has 0 saturated heterocycles. The minimum Gasteiger partial charge on any atom is -0.377 e. The van der Waals surface area contributed by atoms with Gasteiger partial charge in [0, 0.05) is 12.0 Å². The number of carbonyl (C=O) groups excluding carboxylic acids is 1. The Bertz CT molecular complexity index is 466. The van der Waals surface area contributed by atoms with Gasteiger partial charge in [0.1, 0.15) is 11.5 Å². The lowest BCUT2D eigenvalue weighted by Gasteiger charge is -2.28. The van der Waals surface area contributed by atoms with Crippen LogP contribution in [0.15, 0.2) is 18.2 Å². The van der Waals surface area contributed by atoms with E-state index in [0.29, 0.717) is 17.8 Å². The molecule has 1 aliphatic heterocycles. The van der Waals surface area contributed by atoms with E-state index in [4.69, 9.17) is 0 Å². The standard InChI is InChI=1S/C13H15FN2O/c14-9-4-3-5-10-12(9)15-11(17)8-13(16-10)6-1-2-7-13/h3-5,16H,1-2,6-8H2,(H,15,17). The summed E-state index contributed by atoms with van der Waals surface area (Å²) in [6.45, 7) is 0. The number of halogens is 1. The highest BCUT2D eigenvalue weighted by Gasteiger charge is 2.38. The Balaban J connectivity index is 2.04. The second kappa shape index (κ2) is 3.72. The molecule has 17 heavy (non-hydrogen) atoms. The van der Waals surface area contributed by atoms with Crippen LogP contribution in [0.3, 0.4) is 0 Å². The van der Waals surface area contributed by atoms with E-state index < -0.39 is 0 Å². The van der Waals surface area contributed by atoms with Crippen molar-refractivity contribution >= 4 is 17.3 Å². The predicted molar refractivity (Wildman–Crippen MR) is 64.5 cm³/mol. The van der Waals surface area contributed by atoms with E-state index in [-0.39, 0.29) is 17.3 Å². The minimum atomic E-state index is -0.376. The van der Waals surface area contributed by atoms with Crippen LogP contribution in [-0.2, 0) is 4.79 Å². The number of hydrogen-bond acceptors (Lipinski definition) is 2. The maximum Gasteiger partial charge on any atom is 0.226 e. The lowest BCUT2D eigenvalue weighted by atomic mass is 9.93. The first kappa shape index (κ1) is 10.6. The quantitative estimate of drug-likeness (QED) is 0.724. The number of hydrogen-bond donors (Lipinski definition) is 2. The summed E-state index contributed by atoms with van der Waals surface area (Å²) in [6.07, 6.45) is 4.66. The van der Waals surface area contributed by atoms with Gasteiger partial charge in [0.25, 0.3) is 0 Å². The molecule has 90 valence electrons. The first-order chi connectivity index (χ1) is 8.19. The molecule has 1 aromatic rings. The van der Waals surface area contributed by atoms with Crippen LogP contribution in [0.2, 0.25) is 0 Å². The molecule has 2 N–H and O–H groups in total. The van der Waals surface area contributed by atoms with Crippen LogP contribution in [0.4, 0.5) is 15.8 Å². The Kier molecular flexibility index (Phi) is 2.31. The summed E-state index contributed by atoms with van der Waals surface area (Å²) in [5, 5.41) is 6.05. The van der Waals surface area contributed by atoms with Gasteiger partial charge in [-0.3, -0.25) is 4.79 Å². The summed E-state index contributed by atoms with van der Waals surface area (Å²) >= 11 is 0. The van der Waals surface area contributed by atoms with Crippen molar-refractivity contribution in [3.05, 3.63) is 24.0 Å². The molecule has 0 radical (unpaired) electrons. The van der Waals surface area contributed by atoms with E-state index in [1.165, 1.54) is 6.07 Å². The van der Waals surface area contributed by atoms with Crippen LogP contribution in [-0.4, -0.2) is 11.4 Å². The van der Waals surface area contributed by atoms with Crippen LogP contribution in [0.1, 0.15) is 32.1 Å². The Morgan fingerprint density at radius 1 is 1.24 bits per heavy atom. The summed E-state index contributed by atoms with van der Waals surface area (Å²) in [7, 11) is 0. The van der Waals surface area contributed by atoms with Gasteiger partial charge in [0.2, 0.25) is 5.91 Å². The fourth-order valence-corrected chi connectivity index (χ4v) is 2.93. The summed E-state index contributed by atoms with van der Waals surface area (Å²) in [5.74, 6) is -0.471. The van der Waals surface area contributed by atoms with Crippen LogP contribution < -0.4 is 10.6 Å². The van der Waals surface area contributed by atoms with Crippen molar-refractivity contribution < 1.29 is 9.18 Å². The van der Waals surface area contributed by atoms with E-state index in [0.717, 1.165) is 25.7 Å². The number of rotatable bonds is 0. The second-order valence-corrected chi connectivity index (χ2v) is 5.00. The van der Waals surface area contributed by atoms with E-state index >= 15 is 0 Å². The largest absolute Gasteiger partial charge is 0.377 e. The van der Waals surface area contributed by atoms with Gasteiger partial charge in [0.15, 0.2) is 0 Å².